The fourth-order valence-corrected chi connectivity index (χ4v) is 4.44. The molecule has 8 heteroatoms. The van der Waals surface area contributed by atoms with E-state index < -0.39 is 17.7 Å². The summed E-state index contributed by atoms with van der Waals surface area (Å²) in [4.78, 5) is 34.4. The quantitative estimate of drug-likeness (QED) is 0.342. The molecule has 178 valence electrons. The highest BCUT2D eigenvalue weighted by Gasteiger charge is 2.47. The highest BCUT2D eigenvalue weighted by atomic mass is 16.5. The SMILES string of the molecule is CCOc1ccc(N2C(=O)C(=O)/C(=C(\O)c3ccc4c(c3)N(C)CCO4)C2c2ccccn2)cc1. The lowest BCUT2D eigenvalue weighted by Crippen LogP contribution is -2.29. The third kappa shape index (κ3) is 3.97. The van der Waals surface area contributed by atoms with Crippen LogP contribution in [-0.4, -0.2) is 48.6 Å². The number of fused-ring (bicyclic) bond motifs is 1. The molecule has 1 amide bonds. The van der Waals surface area contributed by atoms with Crippen molar-refractivity contribution in [2.75, 3.05) is 36.6 Å². The van der Waals surface area contributed by atoms with E-state index in [-0.39, 0.29) is 11.3 Å². The third-order valence-corrected chi connectivity index (χ3v) is 6.17. The minimum atomic E-state index is -0.890. The Kier molecular flexibility index (Phi) is 5.86. The number of anilines is 2. The predicted octanol–water partition coefficient (Wildman–Crippen LogP) is 3.94. The smallest absolute Gasteiger partial charge is 0.300 e. The highest BCUT2D eigenvalue weighted by Crippen LogP contribution is 2.43. The molecule has 35 heavy (non-hydrogen) atoms. The minimum Gasteiger partial charge on any atom is -0.507 e. The minimum absolute atomic E-state index is 0.0121. The molecule has 0 bridgehead atoms. The number of hydrogen-bond donors (Lipinski definition) is 1. The van der Waals surface area contributed by atoms with Crippen LogP contribution in [0, 0.1) is 0 Å². The van der Waals surface area contributed by atoms with Crippen molar-refractivity contribution in [3.05, 3.63) is 83.7 Å². The summed E-state index contributed by atoms with van der Waals surface area (Å²) in [6.07, 6.45) is 1.60. The lowest BCUT2D eigenvalue weighted by atomic mass is 9.97. The normalized spacial score (nSPS) is 18.9. The topological polar surface area (TPSA) is 92.2 Å². The Bertz CT molecular complexity index is 1300. The summed E-state index contributed by atoms with van der Waals surface area (Å²) in [7, 11) is 1.93. The average molecular weight is 472 g/mol. The average Bonchev–Trinajstić information content (AvgIpc) is 3.15. The number of pyridine rings is 1. The summed E-state index contributed by atoms with van der Waals surface area (Å²) in [5.41, 5.74) is 2.19. The van der Waals surface area contributed by atoms with Crippen LogP contribution in [0.4, 0.5) is 11.4 Å². The number of carbonyl (C=O) groups is 2. The largest absolute Gasteiger partial charge is 0.507 e. The number of aromatic nitrogens is 1. The number of likely N-dealkylation sites (N-methyl/N-ethyl adjacent to an activating group) is 1. The lowest BCUT2D eigenvalue weighted by molar-refractivity contribution is -0.132. The van der Waals surface area contributed by atoms with Crippen molar-refractivity contribution in [3.63, 3.8) is 0 Å². The molecule has 0 aliphatic carbocycles. The number of ether oxygens (including phenoxy) is 2. The van der Waals surface area contributed by atoms with Crippen molar-refractivity contribution < 1.29 is 24.2 Å². The van der Waals surface area contributed by atoms with E-state index in [1.54, 1.807) is 66.9 Å². The van der Waals surface area contributed by atoms with Crippen molar-refractivity contribution in [3.8, 4) is 11.5 Å². The van der Waals surface area contributed by atoms with Crippen LogP contribution < -0.4 is 19.3 Å². The van der Waals surface area contributed by atoms with Gasteiger partial charge in [-0.2, -0.15) is 0 Å². The molecular formula is C27H25N3O5. The second-order valence-electron chi connectivity index (χ2n) is 8.30. The van der Waals surface area contributed by atoms with Gasteiger partial charge < -0.3 is 19.5 Å². The van der Waals surface area contributed by atoms with Crippen LogP contribution >= 0.6 is 0 Å². The maximum atomic E-state index is 13.3. The molecule has 1 fully saturated rings. The first-order valence-electron chi connectivity index (χ1n) is 11.4. The summed E-state index contributed by atoms with van der Waals surface area (Å²) in [6.45, 7) is 3.67. The number of carbonyl (C=O) groups excluding carboxylic acids is 2. The van der Waals surface area contributed by atoms with Gasteiger partial charge in [-0.15, -0.1) is 0 Å². The molecule has 1 aromatic heterocycles. The molecule has 1 unspecified atom stereocenters. The number of aliphatic hydroxyl groups is 1. The zero-order chi connectivity index (χ0) is 24.5. The molecule has 2 aliphatic rings. The van der Waals surface area contributed by atoms with Gasteiger partial charge in [-0.05, 0) is 61.5 Å². The number of amides is 1. The van der Waals surface area contributed by atoms with Crippen LogP contribution in [0.5, 0.6) is 11.5 Å². The van der Waals surface area contributed by atoms with Gasteiger partial charge in [0, 0.05) is 24.5 Å². The summed E-state index contributed by atoms with van der Waals surface area (Å²) in [6, 6.07) is 16.5. The Morgan fingerprint density at radius 2 is 1.94 bits per heavy atom. The molecular weight excluding hydrogens is 446 g/mol. The number of hydrogen-bond acceptors (Lipinski definition) is 7. The molecule has 1 N–H and O–H groups in total. The van der Waals surface area contributed by atoms with Crippen molar-refractivity contribution in [1.29, 1.82) is 0 Å². The van der Waals surface area contributed by atoms with Crippen molar-refractivity contribution in [1.82, 2.24) is 4.98 Å². The van der Waals surface area contributed by atoms with Crippen LogP contribution in [0.2, 0.25) is 0 Å². The number of benzene rings is 2. The molecule has 0 spiro atoms. The van der Waals surface area contributed by atoms with Gasteiger partial charge in [0.1, 0.15) is 29.9 Å². The van der Waals surface area contributed by atoms with E-state index in [9.17, 15) is 14.7 Å². The van der Waals surface area contributed by atoms with Crippen molar-refractivity contribution in [2.24, 2.45) is 0 Å². The van der Waals surface area contributed by atoms with E-state index in [0.29, 0.717) is 48.2 Å². The number of Topliss-reactive ketones (excluding diaryl/α,β-unsaturated/α-hetero) is 1. The van der Waals surface area contributed by atoms with Crippen LogP contribution in [0.15, 0.2) is 72.4 Å². The van der Waals surface area contributed by atoms with Crippen molar-refractivity contribution >= 4 is 28.8 Å². The Labute approximate surface area is 203 Å². The monoisotopic (exact) mass is 471 g/mol. The first kappa shape index (κ1) is 22.5. The molecule has 0 radical (unpaired) electrons. The number of rotatable bonds is 5. The molecule has 8 nitrogen and oxygen atoms in total. The van der Waals surface area contributed by atoms with Crippen LogP contribution in [0.1, 0.15) is 24.2 Å². The first-order valence-corrected chi connectivity index (χ1v) is 11.4. The van der Waals surface area contributed by atoms with E-state index in [2.05, 4.69) is 4.98 Å². The second kappa shape index (κ2) is 9.13. The second-order valence-corrected chi connectivity index (χ2v) is 8.30. The predicted molar refractivity (Wildman–Crippen MR) is 132 cm³/mol. The Morgan fingerprint density at radius 3 is 2.66 bits per heavy atom. The molecule has 3 heterocycles. The molecule has 1 atom stereocenters. The Balaban J connectivity index is 1.64. The van der Waals surface area contributed by atoms with Gasteiger partial charge in [-0.3, -0.25) is 19.5 Å². The summed E-state index contributed by atoms with van der Waals surface area (Å²) in [5, 5.41) is 11.4. The van der Waals surface area contributed by atoms with Gasteiger partial charge in [0.25, 0.3) is 11.7 Å². The molecule has 1 saturated heterocycles. The van der Waals surface area contributed by atoms with Gasteiger partial charge in [-0.1, -0.05) is 6.07 Å². The summed E-state index contributed by atoms with van der Waals surface area (Å²) in [5.74, 6) is -0.401. The fourth-order valence-electron chi connectivity index (χ4n) is 4.44. The maximum absolute atomic E-state index is 13.3. The fraction of sp³-hybridized carbons (Fsp3) is 0.222. The van der Waals surface area contributed by atoms with Crippen molar-refractivity contribution in [2.45, 2.75) is 13.0 Å². The van der Waals surface area contributed by atoms with Gasteiger partial charge in [0.2, 0.25) is 0 Å². The number of nitrogens with zero attached hydrogens (tertiary/aromatic N) is 3. The van der Waals surface area contributed by atoms with E-state index in [1.807, 2.05) is 18.9 Å². The van der Waals surface area contributed by atoms with E-state index in [4.69, 9.17) is 9.47 Å². The van der Waals surface area contributed by atoms with Gasteiger partial charge in [-0.25, -0.2) is 0 Å². The Hall–Kier alpha value is -4.33. The third-order valence-electron chi connectivity index (χ3n) is 6.17. The van der Waals surface area contributed by atoms with Gasteiger partial charge >= 0.3 is 0 Å². The number of ketones is 1. The molecule has 2 aliphatic heterocycles. The lowest BCUT2D eigenvalue weighted by Gasteiger charge is -2.28. The summed E-state index contributed by atoms with van der Waals surface area (Å²) >= 11 is 0. The maximum Gasteiger partial charge on any atom is 0.300 e. The van der Waals surface area contributed by atoms with E-state index in [0.717, 1.165) is 5.69 Å². The van der Waals surface area contributed by atoms with Crippen LogP contribution in [0.25, 0.3) is 5.76 Å². The van der Waals surface area contributed by atoms with Gasteiger partial charge in [0.15, 0.2) is 0 Å². The standard InChI is InChI=1S/C27H25N3O5/c1-3-34-19-10-8-18(9-11-19)30-24(20-6-4-5-13-28-20)23(26(32)27(30)33)25(31)17-7-12-22-21(16-17)29(2)14-15-35-22/h4-13,16,24,31H,3,14-15H2,1-2H3/b25-23-. The molecule has 3 aromatic rings. The zero-order valence-electron chi connectivity index (χ0n) is 19.5. The van der Waals surface area contributed by atoms with E-state index in [1.165, 1.54) is 4.90 Å². The number of aliphatic hydroxyl groups excluding tert-OH is 1. The van der Waals surface area contributed by atoms with E-state index >= 15 is 0 Å². The zero-order valence-corrected chi connectivity index (χ0v) is 19.5. The summed E-state index contributed by atoms with van der Waals surface area (Å²) < 4.78 is 11.2. The molecule has 5 rings (SSSR count). The molecule has 2 aromatic carbocycles. The highest BCUT2D eigenvalue weighted by molar-refractivity contribution is 6.51. The molecule has 0 saturated carbocycles. The van der Waals surface area contributed by atoms with Crippen LogP contribution in [0.3, 0.4) is 0 Å². The first-order chi connectivity index (χ1) is 17.0. The van der Waals surface area contributed by atoms with Crippen LogP contribution in [-0.2, 0) is 9.59 Å². The van der Waals surface area contributed by atoms with Gasteiger partial charge in [0.05, 0.1) is 30.1 Å². The Morgan fingerprint density at radius 1 is 1.14 bits per heavy atom.